The Morgan fingerprint density at radius 3 is 2.45 bits per heavy atom. The van der Waals surface area contributed by atoms with Crippen LogP contribution in [0, 0.1) is 13.8 Å². The zero-order chi connectivity index (χ0) is 14.5. The van der Waals surface area contributed by atoms with E-state index in [9.17, 15) is 4.79 Å². The Bertz CT molecular complexity index is 587. The van der Waals surface area contributed by atoms with Crippen molar-refractivity contribution in [2.24, 2.45) is 0 Å². The van der Waals surface area contributed by atoms with Crippen molar-refractivity contribution in [3.63, 3.8) is 0 Å². The number of rotatable bonds is 5. The van der Waals surface area contributed by atoms with Crippen LogP contribution in [0.5, 0.6) is 5.75 Å². The summed E-state index contributed by atoms with van der Waals surface area (Å²) >= 11 is 5.91. The third kappa shape index (κ3) is 3.40. The predicted octanol–water partition coefficient (Wildman–Crippen LogP) is 4.36. The van der Waals surface area contributed by atoms with E-state index in [-0.39, 0.29) is 0 Å². The second-order valence-corrected chi connectivity index (χ2v) is 5.24. The summed E-state index contributed by atoms with van der Waals surface area (Å²) < 4.78 is 5.81. The van der Waals surface area contributed by atoms with Crippen LogP contribution in [0.25, 0.3) is 0 Å². The van der Waals surface area contributed by atoms with Crippen molar-refractivity contribution >= 4 is 17.9 Å². The van der Waals surface area contributed by atoms with Gasteiger partial charge in [0.25, 0.3) is 0 Å². The molecule has 2 aromatic rings. The molecule has 0 fully saturated rings. The number of carbonyl (C=O) groups excluding carboxylic acids is 1. The summed E-state index contributed by atoms with van der Waals surface area (Å²) in [6.45, 7) is 4.66. The first-order valence-electron chi connectivity index (χ1n) is 6.49. The number of hydrogen-bond acceptors (Lipinski definition) is 2. The number of aldehydes is 1. The van der Waals surface area contributed by atoms with E-state index in [1.54, 1.807) is 6.07 Å². The SMILES string of the molecule is Cc1cccc(C)c1COc1cccc(C(Cl)C=O)c1. The van der Waals surface area contributed by atoms with E-state index in [1.165, 1.54) is 16.7 Å². The molecule has 1 unspecified atom stereocenters. The number of carbonyl (C=O) groups is 1. The molecular weight excluding hydrogens is 272 g/mol. The lowest BCUT2D eigenvalue weighted by molar-refractivity contribution is -0.107. The Morgan fingerprint density at radius 1 is 1.15 bits per heavy atom. The van der Waals surface area contributed by atoms with Gasteiger partial charge < -0.3 is 9.53 Å². The van der Waals surface area contributed by atoms with E-state index < -0.39 is 5.38 Å². The molecule has 2 aromatic carbocycles. The third-order valence-electron chi connectivity index (χ3n) is 3.32. The molecule has 0 aliphatic heterocycles. The lowest BCUT2D eigenvalue weighted by Gasteiger charge is -2.12. The highest BCUT2D eigenvalue weighted by molar-refractivity contribution is 6.27. The number of benzene rings is 2. The molecule has 3 heteroatoms. The number of aryl methyl sites for hydroxylation is 2. The van der Waals surface area contributed by atoms with Crippen LogP contribution < -0.4 is 4.74 Å². The van der Waals surface area contributed by atoms with E-state index in [4.69, 9.17) is 16.3 Å². The van der Waals surface area contributed by atoms with Gasteiger partial charge >= 0.3 is 0 Å². The van der Waals surface area contributed by atoms with E-state index >= 15 is 0 Å². The van der Waals surface area contributed by atoms with Crippen LogP contribution in [0.15, 0.2) is 42.5 Å². The van der Waals surface area contributed by atoms with Crippen LogP contribution >= 0.6 is 11.6 Å². The van der Waals surface area contributed by atoms with Gasteiger partial charge in [-0.15, -0.1) is 11.6 Å². The maximum Gasteiger partial charge on any atom is 0.142 e. The molecule has 104 valence electrons. The van der Waals surface area contributed by atoms with Crippen LogP contribution in [0.3, 0.4) is 0 Å². The summed E-state index contributed by atoms with van der Waals surface area (Å²) in [4.78, 5) is 10.7. The third-order valence-corrected chi connectivity index (χ3v) is 3.68. The Hall–Kier alpha value is -1.80. The van der Waals surface area contributed by atoms with Gasteiger partial charge in [-0.2, -0.15) is 0 Å². The van der Waals surface area contributed by atoms with Crippen molar-refractivity contribution < 1.29 is 9.53 Å². The molecule has 0 aromatic heterocycles. The molecule has 0 spiro atoms. The van der Waals surface area contributed by atoms with Gasteiger partial charge in [0, 0.05) is 0 Å². The van der Waals surface area contributed by atoms with E-state index in [0.29, 0.717) is 12.9 Å². The largest absolute Gasteiger partial charge is 0.489 e. The molecule has 0 radical (unpaired) electrons. The lowest BCUT2D eigenvalue weighted by atomic mass is 10.0. The van der Waals surface area contributed by atoms with E-state index in [2.05, 4.69) is 26.0 Å². The molecular formula is C17H17ClO2. The fraction of sp³-hybridized carbons (Fsp3) is 0.235. The number of ether oxygens (including phenoxy) is 1. The fourth-order valence-electron chi connectivity index (χ4n) is 2.09. The molecule has 0 saturated carbocycles. The molecule has 0 N–H and O–H groups in total. The fourth-order valence-corrected chi connectivity index (χ4v) is 2.22. The quantitative estimate of drug-likeness (QED) is 0.603. The maximum atomic E-state index is 10.7. The van der Waals surface area contributed by atoms with Gasteiger partial charge in [-0.05, 0) is 48.2 Å². The molecule has 0 saturated heterocycles. The van der Waals surface area contributed by atoms with Crippen LogP contribution in [0.4, 0.5) is 0 Å². The number of halogens is 1. The average molecular weight is 289 g/mol. The normalized spacial score (nSPS) is 11.9. The minimum absolute atomic E-state index is 0.510. The van der Waals surface area contributed by atoms with Crippen molar-refractivity contribution in [3.05, 3.63) is 64.7 Å². The summed E-state index contributed by atoms with van der Waals surface area (Å²) in [5, 5.41) is -0.626. The van der Waals surface area contributed by atoms with Gasteiger partial charge in [-0.1, -0.05) is 30.3 Å². The first-order valence-corrected chi connectivity index (χ1v) is 6.92. The van der Waals surface area contributed by atoms with Gasteiger partial charge in [-0.25, -0.2) is 0 Å². The molecule has 1 atom stereocenters. The van der Waals surface area contributed by atoms with Crippen LogP contribution in [-0.2, 0) is 11.4 Å². The molecule has 2 nitrogen and oxygen atoms in total. The first kappa shape index (κ1) is 14.6. The van der Waals surface area contributed by atoms with Gasteiger partial charge in [0.2, 0.25) is 0 Å². The highest BCUT2D eigenvalue weighted by atomic mass is 35.5. The molecule has 0 heterocycles. The Morgan fingerprint density at radius 2 is 1.80 bits per heavy atom. The van der Waals surface area contributed by atoms with Gasteiger partial charge in [0.1, 0.15) is 24.0 Å². The van der Waals surface area contributed by atoms with Crippen LogP contribution in [0.1, 0.15) is 27.6 Å². The van der Waals surface area contributed by atoms with Crippen molar-refractivity contribution in [1.82, 2.24) is 0 Å². The molecule has 0 aliphatic carbocycles. The molecule has 0 bridgehead atoms. The van der Waals surface area contributed by atoms with Crippen molar-refractivity contribution in [3.8, 4) is 5.75 Å². The highest BCUT2D eigenvalue weighted by Crippen LogP contribution is 2.24. The molecule has 2 rings (SSSR count). The summed E-state index contributed by atoms with van der Waals surface area (Å²) in [6.07, 6.45) is 0.714. The molecule has 0 amide bonds. The van der Waals surface area contributed by atoms with Crippen molar-refractivity contribution in [1.29, 1.82) is 0 Å². The summed E-state index contributed by atoms with van der Waals surface area (Å²) in [7, 11) is 0. The summed E-state index contributed by atoms with van der Waals surface area (Å²) in [5.74, 6) is 0.720. The maximum absolute atomic E-state index is 10.7. The first-order chi connectivity index (χ1) is 9.61. The van der Waals surface area contributed by atoms with Crippen LogP contribution in [0.2, 0.25) is 0 Å². The second-order valence-electron chi connectivity index (χ2n) is 4.77. The summed E-state index contributed by atoms with van der Waals surface area (Å²) in [5.41, 5.74) is 4.37. The van der Waals surface area contributed by atoms with Crippen LogP contribution in [-0.4, -0.2) is 6.29 Å². The van der Waals surface area contributed by atoms with Gasteiger partial charge in [0.05, 0.1) is 0 Å². The number of alkyl halides is 1. The average Bonchev–Trinajstić information content (AvgIpc) is 2.46. The van der Waals surface area contributed by atoms with Crippen molar-refractivity contribution in [2.75, 3.05) is 0 Å². The zero-order valence-corrected chi connectivity index (χ0v) is 12.4. The standard InChI is InChI=1S/C17H17ClO2/c1-12-5-3-6-13(2)16(12)11-20-15-8-4-7-14(9-15)17(18)10-19/h3-10,17H,11H2,1-2H3. The highest BCUT2D eigenvalue weighted by Gasteiger charge is 2.08. The molecule has 20 heavy (non-hydrogen) atoms. The van der Waals surface area contributed by atoms with Gasteiger partial charge in [0.15, 0.2) is 0 Å². The van der Waals surface area contributed by atoms with Crippen molar-refractivity contribution in [2.45, 2.75) is 25.8 Å². The Balaban J connectivity index is 2.13. The zero-order valence-electron chi connectivity index (χ0n) is 11.6. The van der Waals surface area contributed by atoms with E-state index in [1.807, 2.05) is 24.3 Å². The predicted molar refractivity (Wildman–Crippen MR) is 81.3 cm³/mol. The molecule has 0 aliphatic rings. The Labute approximate surface area is 124 Å². The number of hydrogen-bond donors (Lipinski definition) is 0. The monoisotopic (exact) mass is 288 g/mol. The lowest BCUT2D eigenvalue weighted by Crippen LogP contribution is -2.01. The minimum atomic E-state index is -0.626. The smallest absolute Gasteiger partial charge is 0.142 e. The second kappa shape index (κ2) is 6.58. The topological polar surface area (TPSA) is 26.3 Å². The Kier molecular flexibility index (Phi) is 4.80. The van der Waals surface area contributed by atoms with Gasteiger partial charge in [-0.3, -0.25) is 0 Å². The van der Waals surface area contributed by atoms with E-state index in [0.717, 1.165) is 11.3 Å². The summed E-state index contributed by atoms with van der Waals surface area (Å²) in [6, 6.07) is 13.5. The minimum Gasteiger partial charge on any atom is -0.489 e.